The topological polar surface area (TPSA) is 78.5 Å². The number of urea groups is 1. The van der Waals surface area contributed by atoms with Crippen molar-refractivity contribution in [3.63, 3.8) is 0 Å². The van der Waals surface area contributed by atoms with Crippen LogP contribution in [0.25, 0.3) is 0 Å². The van der Waals surface area contributed by atoms with Gasteiger partial charge in [0.1, 0.15) is 6.04 Å². The monoisotopic (exact) mass is 369 g/mol. The normalized spacial score (nSPS) is 21.9. The minimum atomic E-state index is -0.622. The van der Waals surface area contributed by atoms with Crippen LogP contribution in [0.4, 0.5) is 4.79 Å². The number of nitrogens with zero attached hydrogens (tertiary/aromatic N) is 1. The number of thiophene rings is 1. The molecule has 4 amide bonds. The summed E-state index contributed by atoms with van der Waals surface area (Å²) in [6, 6.07) is 10.9. The predicted octanol–water partition coefficient (Wildman–Crippen LogP) is 2.21. The van der Waals surface area contributed by atoms with E-state index in [2.05, 4.69) is 22.1 Å². The van der Waals surface area contributed by atoms with Crippen molar-refractivity contribution in [2.24, 2.45) is 0 Å². The van der Waals surface area contributed by atoms with E-state index in [1.54, 1.807) is 11.3 Å². The number of nitrogens with one attached hydrogen (secondary N) is 2. The summed E-state index contributed by atoms with van der Waals surface area (Å²) in [5.74, 6) is -0.356. The van der Waals surface area contributed by atoms with Crippen LogP contribution in [0.15, 0.2) is 41.8 Å². The summed E-state index contributed by atoms with van der Waals surface area (Å²) in [4.78, 5) is 39.1. The molecule has 2 aliphatic rings. The molecule has 1 aromatic heterocycles. The lowest BCUT2D eigenvalue weighted by atomic mass is 9.92. The molecule has 7 heteroatoms. The molecule has 2 aromatic rings. The maximum atomic E-state index is 12.9. The maximum absolute atomic E-state index is 12.9. The maximum Gasteiger partial charge on any atom is 0.322 e. The molecule has 4 rings (SSSR count). The number of imide groups is 1. The molecule has 26 heavy (non-hydrogen) atoms. The highest BCUT2D eigenvalue weighted by atomic mass is 32.1. The Kier molecular flexibility index (Phi) is 4.46. The van der Waals surface area contributed by atoms with Gasteiger partial charge in [0.05, 0.1) is 6.04 Å². The fraction of sp³-hybridized carbons (Fsp3) is 0.316. The molecular weight excluding hydrogens is 350 g/mol. The minimum absolute atomic E-state index is 0.00431. The summed E-state index contributed by atoms with van der Waals surface area (Å²) < 4.78 is 0. The summed E-state index contributed by atoms with van der Waals surface area (Å²) in [5.41, 5.74) is 2.28. The van der Waals surface area contributed by atoms with Crippen molar-refractivity contribution in [3.8, 4) is 0 Å². The molecule has 2 atom stereocenters. The Labute approximate surface area is 155 Å². The van der Waals surface area contributed by atoms with E-state index in [0.717, 1.165) is 12.0 Å². The van der Waals surface area contributed by atoms with Crippen molar-refractivity contribution < 1.29 is 14.4 Å². The van der Waals surface area contributed by atoms with Gasteiger partial charge in [0, 0.05) is 17.8 Å². The average Bonchev–Trinajstić information content (AvgIpc) is 3.25. The van der Waals surface area contributed by atoms with Crippen molar-refractivity contribution in [1.82, 2.24) is 15.5 Å². The van der Waals surface area contributed by atoms with Gasteiger partial charge >= 0.3 is 6.03 Å². The molecule has 0 radical (unpaired) electrons. The standard InChI is InChI=1S/C19H19N3O3S/c23-16(7-6-14-18(24)21-19(25)20-14)22-10-8-15-13(9-11-26-15)17(22)12-4-2-1-3-5-12/h1-5,9,11,14,17H,6-8,10H2,(H2,20,21,24,25)/t14-,17+/m0/s1. The van der Waals surface area contributed by atoms with Crippen LogP contribution in [0, 0.1) is 0 Å². The SMILES string of the molecule is O=C1NC(=O)[C@H](CCC(=O)N2CCc3sccc3[C@H]2c2ccccc2)N1. The van der Waals surface area contributed by atoms with Gasteiger partial charge in [0.2, 0.25) is 5.91 Å². The number of carbonyl (C=O) groups is 3. The van der Waals surface area contributed by atoms with Crippen LogP contribution in [0.3, 0.4) is 0 Å². The fourth-order valence-electron chi connectivity index (χ4n) is 3.65. The molecule has 0 bridgehead atoms. The zero-order valence-corrected chi connectivity index (χ0v) is 14.9. The van der Waals surface area contributed by atoms with Crippen LogP contribution < -0.4 is 10.6 Å². The lowest BCUT2D eigenvalue weighted by Gasteiger charge is -2.36. The summed E-state index contributed by atoms with van der Waals surface area (Å²) in [6.07, 6.45) is 1.38. The number of carbonyl (C=O) groups excluding carboxylic acids is 3. The summed E-state index contributed by atoms with van der Waals surface area (Å²) in [6.45, 7) is 0.662. The largest absolute Gasteiger partial charge is 0.331 e. The molecule has 2 N–H and O–H groups in total. The Balaban J connectivity index is 1.53. The molecule has 1 aromatic carbocycles. The molecule has 0 spiro atoms. The summed E-state index contributed by atoms with van der Waals surface area (Å²) in [5, 5.41) is 6.83. The zero-order chi connectivity index (χ0) is 18.1. The lowest BCUT2D eigenvalue weighted by Crippen LogP contribution is -2.41. The van der Waals surface area contributed by atoms with E-state index in [1.165, 1.54) is 10.4 Å². The summed E-state index contributed by atoms with van der Waals surface area (Å²) >= 11 is 1.73. The van der Waals surface area contributed by atoms with E-state index in [9.17, 15) is 14.4 Å². The molecule has 1 saturated heterocycles. The van der Waals surface area contributed by atoms with Gasteiger partial charge in [-0.15, -0.1) is 11.3 Å². The van der Waals surface area contributed by atoms with E-state index in [0.29, 0.717) is 13.0 Å². The van der Waals surface area contributed by atoms with Crippen molar-refractivity contribution in [3.05, 3.63) is 57.8 Å². The van der Waals surface area contributed by atoms with Crippen LogP contribution in [0.5, 0.6) is 0 Å². The second-order valence-corrected chi connectivity index (χ2v) is 7.50. The van der Waals surface area contributed by atoms with Crippen LogP contribution in [-0.4, -0.2) is 35.3 Å². The lowest BCUT2D eigenvalue weighted by molar-refractivity contribution is -0.133. The quantitative estimate of drug-likeness (QED) is 0.811. The average molecular weight is 369 g/mol. The van der Waals surface area contributed by atoms with Crippen LogP contribution in [0.2, 0.25) is 0 Å². The summed E-state index contributed by atoms with van der Waals surface area (Å²) in [7, 11) is 0. The van der Waals surface area contributed by atoms with Gasteiger partial charge < -0.3 is 10.2 Å². The number of hydrogen-bond acceptors (Lipinski definition) is 4. The second-order valence-electron chi connectivity index (χ2n) is 6.50. The molecule has 3 heterocycles. The Morgan fingerprint density at radius 2 is 2.00 bits per heavy atom. The van der Waals surface area contributed by atoms with Gasteiger partial charge in [-0.3, -0.25) is 14.9 Å². The molecule has 0 saturated carbocycles. The molecular formula is C19H19N3O3S. The van der Waals surface area contributed by atoms with Crippen molar-refractivity contribution in [1.29, 1.82) is 0 Å². The van der Waals surface area contributed by atoms with Crippen molar-refractivity contribution >= 4 is 29.2 Å². The molecule has 1 fully saturated rings. The van der Waals surface area contributed by atoms with Crippen molar-refractivity contribution in [2.75, 3.05) is 6.54 Å². The first-order valence-electron chi connectivity index (χ1n) is 8.65. The highest BCUT2D eigenvalue weighted by molar-refractivity contribution is 7.10. The van der Waals surface area contributed by atoms with Gasteiger partial charge in [-0.25, -0.2) is 4.79 Å². The van der Waals surface area contributed by atoms with Gasteiger partial charge in [-0.05, 0) is 35.4 Å². The number of fused-ring (bicyclic) bond motifs is 1. The number of hydrogen-bond donors (Lipinski definition) is 2. The minimum Gasteiger partial charge on any atom is -0.331 e. The Morgan fingerprint density at radius 1 is 1.19 bits per heavy atom. The Hall–Kier alpha value is -2.67. The number of amides is 4. The number of rotatable bonds is 4. The van der Waals surface area contributed by atoms with Gasteiger partial charge in [0.25, 0.3) is 5.91 Å². The second kappa shape index (κ2) is 6.92. The predicted molar refractivity (Wildman–Crippen MR) is 97.7 cm³/mol. The Bertz CT molecular complexity index is 849. The molecule has 6 nitrogen and oxygen atoms in total. The van der Waals surface area contributed by atoms with E-state index < -0.39 is 12.1 Å². The third kappa shape index (κ3) is 3.10. The van der Waals surface area contributed by atoms with Gasteiger partial charge in [-0.1, -0.05) is 30.3 Å². The fourth-order valence-corrected chi connectivity index (χ4v) is 4.56. The molecule has 0 unspecified atom stereocenters. The van der Waals surface area contributed by atoms with E-state index >= 15 is 0 Å². The third-order valence-corrected chi connectivity index (χ3v) is 5.90. The van der Waals surface area contributed by atoms with E-state index in [-0.39, 0.29) is 24.3 Å². The Morgan fingerprint density at radius 3 is 2.73 bits per heavy atom. The number of benzene rings is 1. The highest BCUT2D eigenvalue weighted by Crippen LogP contribution is 2.38. The third-order valence-electron chi connectivity index (χ3n) is 4.91. The van der Waals surface area contributed by atoms with Crippen LogP contribution in [-0.2, 0) is 16.0 Å². The van der Waals surface area contributed by atoms with E-state index in [4.69, 9.17) is 0 Å². The van der Waals surface area contributed by atoms with Crippen LogP contribution in [0.1, 0.15) is 34.9 Å². The first kappa shape index (κ1) is 16.8. The van der Waals surface area contributed by atoms with Crippen LogP contribution >= 0.6 is 11.3 Å². The highest BCUT2D eigenvalue weighted by Gasteiger charge is 2.34. The van der Waals surface area contributed by atoms with Crippen molar-refractivity contribution in [2.45, 2.75) is 31.3 Å². The molecule has 134 valence electrons. The molecule has 2 aliphatic heterocycles. The first-order valence-corrected chi connectivity index (χ1v) is 9.53. The van der Waals surface area contributed by atoms with E-state index in [1.807, 2.05) is 35.2 Å². The first-order chi connectivity index (χ1) is 12.6. The van der Waals surface area contributed by atoms with Gasteiger partial charge in [0.15, 0.2) is 0 Å². The smallest absolute Gasteiger partial charge is 0.322 e. The van der Waals surface area contributed by atoms with Gasteiger partial charge in [-0.2, -0.15) is 0 Å². The molecule has 0 aliphatic carbocycles. The zero-order valence-electron chi connectivity index (χ0n) is 14.1.